The van der Waals surface area contributed by atoms with Gasteiger partial charge in [-0.1, -0.05) is 34.1 Å². The number of amides is 1. The molecule has 4 aromatic carbocycles. The van der Waals surface area contributed by atoms with E-state index in [1.54, 1.807) is 42.5 Å². The Morgan fingerprint density at radius 1 is 0.868 bits per heavy atom. The van der Waals surface area contributed by atoms with Gasteiger partial charge in [-0.25, -0.2) is 21.2 Å². The summed E-state index contributed by atoms with van der Waals surface area (Å²) in [5, 5.41) is 2.59. The van der Waals surface area contributed by atoms with Gasteiger partial charge in [-0.15, -0.1) is 0 Å². The maximum Gasteiger partial charge on any atom is 0.265 e. The SMILES string of the molecule is O=C(CN1c2ccc(F)cc2-c2ccccc2S1(=O)=O)Nc1ccc(S(=O)(=O)Nc2ccc(Br)cc2)cc1. The van der Waals surface area contributed by atoms with Gasteiger partial charge in [-0.2, -0.15) is 0 Å². The summed E-state index contributed by atoms with van der Waals surface area (Å²) in [6.07, 6.45) is 0. The van der Waals surface area contributed by atoms with E-state index < -0.39 is 38.3 Å². The summed E-state index contributed by atoms with van der Waals surface area (Å²) in [4.78, 5) is 12.8. The number of benzene rings is 4. The van der Waals surface area contributed by atoms with E-state index in [9.17, 15) is 26.0 Å². The Morgan fingerprint density at radius 2 is 1.53 bits per heavy atom. The lowest BCUT2D eigenvalue weighted by molar-refractivity contribution is -0.114. The zero-order valence-electron chi connectivity index (χ0n) is 19.4. The molecule has 0 spiro atoms. The van der Waals surface area contributed by atoms with E-state index in [4.69, 9.17) is 0 Å². The number of nitrogens with one attached hydrogen (secondary N) is 2. The van der Waals surface area contributed by atoms with Crippen molar-refractivity contribution in [2.24, 2.45) is 0 Å². The predicted molar refractivity (Wildman–Crippen MR) is 146 cm³/mol. The number of carbonyl (C=O) groups is 1. The normalized spacial score (nSPS) is 13.8. The number of halogens is 2. The van der Waals surface area contributed by atoms with Crippen molar-refractivity contribution in [2.75, 3.05) is 20.9 Å². The molecule has 0 unspecified atom stereocenters. The van der Waals surface area contributed by atoms with Crippen molar-refractivity contribution in [1.29, 1.82) is 0 Å². The van der Waals surface area contributed by atoms with Gasteiger partial charge in [-0.3, -0.25) is 13.8 Å². The molecule has 12 heteroatoms. The van der Waals surface area contributed by atoms with Crippen LogP contribution in [0.25, 0.3) is 11.1 Å². The Labute approximate surface area is 227 Å². The van der Waals surface area contributed by atoms with Crippen LogP contribution in [-0.2, 0) is 24.8 Å². The molecular formula is C26H19BrFN3O5S2. The molecule has 1 aliphatic rings. The molecule has 0 radical (unpaired) electrons. The average molecular weight is 616 g/mol. The highest BCUT2D eigenvalue weighted by Gasteiger charge is 2.36. The minimum atomic E-state index is -4.10. The van der Waals surface area contributed by atoms with Crippen molar-refractivity contribution in [2.45, 2.75) is 9.79 Å². The maximum absolute atomic E-state index is 14.0. The van der Waals surface area contributed by atoms with E-state index in [0.29, 0.717) is 16.8 Å². The third-order valence-corrected chi connectivity index (χ3v) is 9.55. The fraction of sp³-hybridized carbons (Fsp3) is 0.0385. The number of carbonyl (C=O) groups excluding carboxylic acids is 1. The van der Waals surface area contributed by atoms with Gasteiger partial charge in [0, 0.05) is 27.0 Å². The molecular weight excluding hydrogens is 597 g/mol. The number of rotatable bonds is 6. The topological polar surface area (TPSA) is 113 Å². The van der Waals surface area contributed by atoms with Gasteiger partial charge in [0.05, 0.1) is 15.5 Å². The number of nitrogens with zero attached hydrogens (tertiary/aromatic N) is 1. The van der Waals surface area contributed by atoms with Crippen LogP contribution in [0.2, 0.25) is 0 Å². The van der Waals surface area contributed by atoms with E-state index in [1.165, 1.54) is 42.5 Å². The molecule has 194 valence electrons. The van der Waals surface area contributed by atoms with Crippen LogP contribution in [0.3, 0.4) is 0 Å². The van der Waals surface area contributed by atoms with Crippen molar-refractivity contribution >= 4 is 58.9 Å². The van der Waals surface area contributed by atoms with Gasteiger partial charge in [0.2, 0.25) is 5.91 Å². The Balaban J connectivity index is 1.34. The lowest BCUT2D eigenvalue weighted by Crippen LogP contribution is -2.40. The first-order chi connectivity index (χ1) is 18.0. The van der Waals surface area contributed by atoms with Crippen LogP contribution in [-0.4, -0.2) is 29.3 Å². The first kappa shape index (κ1) is 25.9. The molecule has 2 N–H and O–H groups in total. The van der Waals surface area contributed by atoms with Gasteiger partial charge < -0.3 is 5.32 Å². The smallest absolute Gasteiger partial charge is 0.265 e. The second-order valence-corrected chi connectivity index (χ2v) is 12.8. The molecule has 0 aromatic heterocycles. The summed E-state index contributed by atoms with van der Waals surface area (Å²) < 4.78 is 70.3. The largest absolute Gasteiger partial charge is 0.325 e. The summed E-state index contributed by atoms with van der Waals surface area (Å²) in [5.41, 5.74) is 1.55. The molecule has 1 aliphatic heterocycles. The maximum atomic E-state index is 14.0. The first-order valence-corrected chi connectivity index (χ1v) is 14.9. The van der Waals surface area contributed by atoms with Crippen molar-refractivity contribution in [3.8, 4) is 11.1 Å². The summed E-state index contributed by atoms with van der Waals surface area (Å²) in [6.45, 7) is -0.569. The molecule has 8 nitrogen and oxygen atoms in total. The summed E-state index contributed by atoms with van der Waals surface area (Å²) in [7, 11) is -7.97. The zero-order chi connectivity index (χ0) is 27.1. The minimum Gasteiger partial charge on any atom is -0.325 e. The van der Waals surface area contributed by atoms with E-state index in [1.807, 2.05) is 0 Å². The van der Waals surface area contributed by atoms with E-state index in [0.717, 1.165) is 14.8 Å². The van der Waals surface area contributed by atoms with E-state index >= 15 is 0 Å². The number of sulfonamides is 2. The van der Waals surface area contributed by atoms with Crippen molar-refractivity contribution < 1.29 is 26.0 Å². The monoisotopic (exact) mass is 615 g/mol. The van der Waals surface area contributed by atoms with E-state index in [-0.39, 0.29) is 21.2 Å². The van der Waals surface area contributed by atoms with Crippen LogP contribution in [0.15, 0.2) is 105 Å². The number of fused-ring (bicyclic) bond motifs is 3. The molecule has 4 aromatic rings. The van der Waals surface area contributed by atoms with Crippen LogP contribution in [0.4, 0.5) is 21.5 Å². The lowest BCUT2D eigenvalue weighted by Gasteiger charge is -2.31. The number of hydrogen-bond acceptors (Lipinski definition) is 5. The third kappa shape index (κ3) is 5.02. The second kappa shape index (κ2) is 9.86. The Bertz CT molecular complexity index is 1760. The van der Waals surface area contributed by atoms with Crippen LogP contribution < -0.4 is 14.3 Å². The highest BCUT2D eigenvalue weighted by Crippen LogP contribution is 2.43. The highest BCUT2D eigenvalue weighted by molar-refractivity contribution is 9.10. The highest BCUT2D eigenvalue weighted by atomic mass is 79.9. The Kier molecular flexibility index (Phi) is 6.72. The first-order valence-electron chi connectivity index (χ1n) is 11.1. The summed E-state index contributed by atoms with van der Waals surface area (Å²) >= 11 is 3.29. The molecule has 0 bridgehead atoms. The zero-order valence-corrected chi connectivity index (χ0v) is 22.6. The minimum absolute atomic E-state index is 0.0235. The fourth-order valence-corrected chi connectivity index (χ4v) is 7.03. The van der Waals surface area contributed by atoms with Gasteiger partial charge in [-0.05, 0) is 72.8 Å². The quantitative estimate of drug-likeness (QED) is 0.309. The summed E-state index contributed by atoms with van der Waals surface area (Å²) in [6, 6.07) is 22.0. The molecule has 5 rings (SSSR count). The van der Waals surface area contributed by atoms with Crippen LogP contribution in [0.5, 0.6) is 0 Å². The lowest BCUT2D eigenvalue weighted by atomic mass is 10.0. The van der Waals surface area contributed by atoms with Crippen molar-refractivity contribution in [3.63, 3.8) is 0 Å². The number of hydrogen-bond donors (Lipinski definition) is 2. The molecule has 0 fully saturated rings. The van der Waals surface area contributed by atoms with Crippen LogP contribution in [0.1, 0.15) is 0 Å². The molecule has 38 heavy (non-hydrogen) atoms. The standard InChI is InChI=1S/C26H19BrFN3O5S2/c27-17-5-8-20(9-6-17)30-37(33,34)21-12-10-19(11-13-21)29-26(32)16-31-24-14-7-18(28)15-23(24)22-3-1-2-4-25(22)38(31,35)36/h1-15,30H,16H2,(H,29,32). The molecule has 1 heterocycles. The molecule has 0 saturated heterocycles. The van der Waals surface area contributed by atoms with Crippen molar-refractivity contribution in [3.05, 3.63) is 101 Å². The molecule has 0 aliphatic carbocycles. The second-order valence-electron chi connectivity index (χ2n) is 8.35. The molecule has 1 amide bonds. The van der Waals surface area contributed by atoms with E-state index in [2.05, 4.69) is 26.0 Å². The van der Waals surface area contributed by atoms with Crippen molar-refractivity contribution in [1.82, 2.24) is 0 Å². The van der Waals surface area contributed by atoms with Crippen LogP contribution in [0, 0.1) is 5.82 Å². The number of anilines is 3. The molecule has 0 atom stereocenters. The van der Waals surface area contributed by atoms with Gasteiger partial charge >= 0.3 is 0 Å². The third-order valence-electron chi connectivity index (χ3n) is 5.80. The summed E-state index contributed by atoms with van der Waals surface area (Å²) in [5.74, 6) is -1.20. The van der Waals surface area contributed by atoms with Crippen LogP contribution >= 0.6 is 15.9 Å². The van der Waals surface area contributed by atoms with Gasteiger partial charge in [0.1, 0.15) is 12.4 Å². The fourth-order valence-electron chi connectivity index (χ4n) is 4.05. The molecule has 0 saturated carbocycles. The Hall–Kier alpha value is -3.74. The van der Waals surface area contributed by atoms with Gasteiger partial charge in [0.25, 0.3) is 20.0 Å². The average Bonchev–Trinajstić information content (AvgIpc) is 2.88. The van der Waals surface area contributed by atoms with Gasteiger partial charge in [0.15, 0.2) is 0 Å². The Morgan fingerprint density at radius 3 is 2.24 bits per heavy atom. The predicted octanol–water partition coefficient (Wildman–Crippen LogP) is 5.20.